The lowest BCUT2D eigenvalue weighted by atomic mass is 9.87. The van der Waals surface area contributed by atoms with Gasteiger partial charge >= 0.3 is 0 Å². The van der Waals surface area contributed by atoms with Crippen molar-refractivity contribution in [3.8, 4) is 22.3 Å². The Morgan fingerprint density at radius 3 is 1.82 bits per heavy atom. The van der Waals surface area contributed by atoms with Crippen molar-refractivity contribution < 1.29 is 0 Å². The summed E-state index contributed by atoms with van der Waals surface area (Å²) >= 11 is 0. The lowest BCUT2D eigenvalue weighted by Gasteiger charge is -2.29. The molecule has 192 valence electrons. The molecule has 40 heavy (non-hydrogen) atoms. The van der Waals surface area contributed by atoms with Crippen molar-refractivity contribution in [2.24, 2.45) is 0 Å². The van der Waals surface area contributed by atoms with Gasteiger partial charge in [0.05, 0.1) is 11.4 Å². The molecule has 2 heteroatoms. The van der Waals surface area contributed by atoms with Crippen molar-refractivity contribution in [3.63, 3.8) is 0 Å². The Morgan fingerprint density at radius 1 is 0.625 bits per heavy atom. The Bertz CT molecular complexity index is 2010. The second-order valence-electron chi connectivity index (χ2n) is 10.9. The molecule has 0 spiro atoms. The number of rotatable bonds is 3. The number of nitrogens with one attached hydrogen (secondary N) is 1. The number of benzene rings is 6. The van der Waals surface area contributed by atoms with Gasteiger partial charge in [0.2, 0.25) is 0 Å². The van der Waals surface area contributed by atoms with Crippen LogP contribution in [0.4, 0.5) is 11.4 Å². The Morgan fingerprint density at radius 2 is 1.20 bits per heavy atom. The summed E-state index contributed by atoms with van der Waals surface area (Å²) in [5, 5.41) is 11.6. The number of anilines is 2. The standard InChI is InChI=1S/C38H30N2/c1-25-39-37-35(30-21-19-26-11-5-7-13-28(26)23-30)33-17-9-10-18-34(33)36(38(37)40(25)32-15-3-2-4-16-32)31-22-20-27-12-6-8-14-29(27)24-31/h3,5-25,39H,2,4H2,1H3. The summed E-state index contributed by atoms with van der Waals surface area (Å²) in [5.74, 6) is 0. The van der Waals surface area contributed by atoms with Gasteiger partial charge in [0.15, 0.2) is 0 Å². The molecule has 0 aromatic heterocycles. The highest BCUT2D eigenvalue weighted by Gasteiger charge is 2.35. The minimum absolute atomic E-state index is 0.124. The first kappa shape index (κ1) is 23.1. The summed E-state index contributed by atoms with van der Waals surface area (Å²) in [5.41, 5.74) is 8.80. The predicted molar refractivity (Wildman–Crippen MR) is 172 cm³/mol. The molecule has 1 heterocycles. The van der Waals surface area contributed by atoms with Gasteiger partial charge in [0.25, 0.3) is 0 Å². The molecular formula is C38H30N2. The quantitative estimate of drug-likeness (QED) is 0.253. The van der Waals surface area contributed by atoms with E-state index in [0.29, 0.717) is 0 Å². The van der Waals surface area contributed by atoms with Crippen molar-refractivity contribution in [1.82, 2.24) is 0 Å². The van der Waals surface area contributed by atoms with E-state index >= 15 is 0 Å². The van der Waals surface area contributed by atoms with Crippen LogP contribution in [0.15, 0.2) is 133 Å². The topological polar surface area (TPSA) is 15.3 Å². The molecule has 0 amide bonds. The van der Waals surface area contributed by atoms with Gasteiger partial charge in [-0.05, 0) is 81.4 Å². The van der Waals surface area contributed by atoms with Gasteiger partial charge in [0, 0.05) is 16.8 Å². The zero-order chi connectivity index (χ0) is 26.6. The van der Waals surface area contributed by atoms with Gasteiger partial charge in [-0.1, -0.05) is 109 Å². The average molecular weight is 515 g/mol. The maximum absolute atomic E-state index is 3.95. The third-order valence-corrected chi connectivity index (χ3v) is 8.50. The number of nitrogens with zero attached hydrogens (tertiary/aromatic N) is 1. The van der Waals surface area contributed by atoms with Crippen molar-refractivity contribution >= 4 is 43.7 Å². The third-order valence-electron chi connectivity index (χ3n) is 8.50. The van der Waals surface area contributed by atoms with Crippen molar-refractivity contribution in [2.45, 2.75) is 25.9 Å². The van der Waals surface area contributed by atoms with Crippen LogP contribution in [-0.4, -0.2) is 6.17 Å². The second-order valence-corrected chi connectivity index (χ2v) is 10.9. The lowest BCUT2D eigenvalue weighted by molar-refractivity contribution is 0.805. The van der Waals surface area contributed by atoms with Crippen molar-refractivity contribution in [1.29, 1.82) is 0 Å². The fourth-order valence-electron chi connectivity index (χ4n) is 6.69. The molecule has 1 N–H and O–H groups in total. The van der Waals surface area contributed by atoms with Gasteiger partial charge in [0.1, 0.15) is 6.17 Å². The van der Waals surface area contributed by atoms with Crippen LogP contribution < -0.4 is 10.2 Å². The van der Waals surface area contributed by atoms with E-state index < -0.39 is 0 Å². The van der Waals surface area contributed by atoms with E-state index in [2.05, 4.69) is 145 Å². The third kappa shape index (κ3) is 3.56. The van der Waals surface area contributed by atoms with Crippen LogP contribution in [0.25, 0.3) is 54.6 Å². The largest absolute Gasteiger partial charge is 0.363 e. The van der Waals surface area contributed by atoms with Crippen LogP contribution >= 0.6 is 0 Å². The molecule has 0 saturated carbocycles. The van der Waals surface area contributed by atoms with E-state index in [0.717, 1.165) is 12.8 Å². The number of allylic oxidation sites excluding steroid dienone is 3. The summed E-state index contributed by atoms with van der Waals surface area (Å²) in [6, 6.07) is 40.1. The van der Waals surface area contributed by atoms with Crippen molar-refractivity contribution in [3.05, 3.63) is 133 Å². The maximum atomic E-state index is 3.95. The fourth-order valence-corrected chi connectivity index (χ4v) is 6.69. The summed E-state index contributed by atoms with van der Waals surface area (Å²) in [6.07, 6.45) is 9.29. The molecule has 1 aliphatic heterocycles. The molecule has 0 bridgehead atoms. The van der Waals surface area contributed by atoms with E-state index in [1.54, 1.807) is 0 Å². The Balaban J connectivity index is 1.49. The molecule has 0 radical (unpaired) electrons. The first-order chi connectivity index (χ1) is 19.8. The lowest BCUT2D eigenvalue weighted by Crippen LogP contribution is -2.32. The highest BCUT2D eigenvalue weighted by atomic mass is 15.3. The van der Waals surface area contributed by atoms with Gasteiger partial charge < -0.3 is 10.2 Å². The number of fused-ring (bicyclic) bond motifs is 4. The molecule has 1 atom stereocenters. The summed E-state index contributed by atoms with van der Waals surface area (Å²) < 4.78 is 0. The Hall–Kier alpha value is -4.82. The van der Waals surface area contributed by atoms with E-state index in [1.807, 2.05) is 0 Å². The monoisotopic (exact) mass is 514 g/mol. The average Bonchev–Trinajstić information content (AvgIpc) is 3.35. The minimum atomic E-state index is 0.124. The number of hydrogen-bond donors (Lipinski definition) is 1. The molecule has 6 aromatic rings. The van der Waals surface area contributed by atoms with E-state index in [9.17, 15) is 0 Å². The van der Waals surface area contributed by atoms with Gasteiger partial charge in [-0.25, -0.2) is 0 Å². The maximum Gasteiger partial charge on any atom is 0.101 e. The first-order valence-corrected chi connectivity index (χ1v) is 14.3. The first-order valence-electron chi connectivity index (χ1n) is 14.3. The summed E-state index contributed by atoms with van der Waals surface area (Å²) in [6.45, 7) is 2.28. The second kappa shape index (κ2) is 9.14. The predicted octanol–water partition coefficient (Wildman–Crippen LogP) is 10.3. The Kier molecular flexibility index (Phi) is 5.28. The Labute approximate surface area is 234 Å². The van der Waals surface area contributed by atoms with E-state index in [1.165, 1.54) is 71.6 Å². The fraction of sp³-hybridized carbons (Fsp3) is 0.105. The van der Waals surface area contributed by atoms with Crippen LogP contribution in [0, 0.1) is 0 Å². The zero-order valence-electron chi connectivity index (χ0n) is 22.6. The molecule has 1 unspecified atom stereocenters. The van der Waals surface area contributed by atoms with E-state index in [-0.39, 0.29) is 6.17 Å². The van der Waals surface area contributed by atoms with Gasteiger partial charge in [-0.15, -0.1) is 0 Å². The highest BCUT2D eigenvalue weighted by Crippen LogP contribution is 2.54. The number of hydrogen-bond acceptors (Lipinski definition) is 2. The minimum Gasteiger partial charge on any atom is -0.363 e. The zero-order valence-corrected chi connectivity index (χ0v) is 22.6. The normalized spacial score (nSPS) is 16.4. The van der Waals surface area contributed by atoms with Crippen LogP contribution in [0.1, 0.15) is 19.8 Å². The molecule has 6 aromatic carbocycles. The van der Waals surface area contributed by atoms with Crippen LogP contribution in [0.3, 0.4) is 0 Å². The molecule has 0 saturated heterocycles. The van der Waals surface area contributed by atoms with Crippen molar-refractivity contribution in [2.75, 3.05) is 10.2 Å². The molecule has 2 aliphatic rings. The smallest absolute Gasteiger partial charge is 0.101 e. The molecule has 0 fully saturated rings. The molecule has 2 nitrogen and oxygen atoms in total. The van der Waals surface area contributed by atoms with E-state index in [4.69, 9.17) is 0 Å². The summed E-state index contributed by atoms with van der Waals surface area (Å²) in [4.78, 5) is 2.52. The molecule has 8 rings (SSSR count). The van der Waals surface area contributed by atoms with Gasteiger partial charge in [-0.3, -0.25) is 0 Å². The molecular weight excluding hydrogens is 484 g/mol. The molecule has 1 aliphatic carbocycles. The summed E-state index contributed by atoms with van der Waals surface area (Å²) in [7, 11) is 0. The van der Waals surface area contributed by atoms with Crippen LogP contribution in [-0.2, 0) is 0 Å². The van der Waals surface area contributed by atoms with Crippen LogP contribution in [0.5, 0.6) is 0 Å². The van der Waals surface area contributed by atoms with Crippen LogP contribution in [0.2, 0.25) is 0 Å². The SMILES string of the molecule is CC1Nc2c(c(-c3ccc4ccccc4c3)c3ccccc3c2-c2ccc3ccccc3c2)N1C1=CCCC=C1. The van der Waals surface area contributed by atoms with Gasteiger partial charge in [-0.2, -0.15) is 0 Å². The highest BCUT2D eigenvalue weighted by molar-refractivity contribution is 6.19.